The number of halogens is 1. The van der Waals surface area contributed by atoms with E-state index in [-0.39, 0.29) is 18.1 Å². The second kappa shape index (κ2) is 10.5. The first-order valence-corrected chi connectivity index (χ1v) is 10.5. The molecule has 2 N–H and O–H groups in total. The molecule has 2 heterocycles. The monoisotopic (exact) mass is 478 g/mol. The molecule has 2 aromatic heterocycles. The summed E-state index contributed by atoms with van der Waals surface area (Å²) in [6.07, 6.45) is 2.88. The molecule has 0 aliphatic carbocycles. The van der Waals surface area contributed by atoms with Crippen molar-refractivity contribution in [2.45, 2.75) is 6.54 Å². The number of amides is 2. The second-order valence-corrected chi connectivity index (χ2v) is 7.39. The Morgan fingerprint density at radius 3 is 2.53 bits per heavy atom. The van der Waals surface area contributed by atoms with Gasteiger partial charge in [-0.15, -0.1) is 0 Å². The highest BCUT2D eigenvalue weighted by Gasteiger charge is 2.17. The Morgan fingerprint density at radius 1 is 1.09 bits per heavy atom. The molecule has 9 nitrogen and oxygen atoms in total. The third kappa shape index (κ3) is 5.70. The van der Waals surface area contributed by atoms with Gasteiger partial charge >= 0.3 is 0 Å². The highest BCUT2D eigenvalue weighted by molar-refractivity contribution is 6.30. The van der Waals surface area contributed by atoms with Gasteiger partial charge in [0.1, 0.15) is 17.2 Å². The molecule has 0 unspecified atom stereocenters. The van der Waals surface area contributed by atoms with E-state index in [0.29, 0.717) is 27.9 Å². The number of nitrogens with one attached hydrogen (secondary N) is 2. The summed E-state index contributed by atoms with van der Waals surface area (Å²) >= 11 is 5.90. The lowest BCUT2D eigenvalue weighted by Crippen LogP contribution is -2.34. The highest BCUT2D eigenvalue weighted by atomic mass is 35.5. The molecule has 4 aromatic rings. The minimum absolute atomic E-state index is 0.0202. The summed E-state index contributed by atoms with van der Waals surface area (Å²) in [5.41, 5.74) is 1.05. The zero-order chi connectivity index (χ0) is 23.9. The van der Waals surface area contributed by atoms with E-state index >= 15 is 0 Å². The van der Waals surface area contributed by atoms with Crippen molar-refractivity contribution in [2.75, 3.05) is 7.11 Å². The standard InChI is InChI=1S/C24H19ClN4O5/c1-32-18-10-6-16(7-11-18)23(30)27-20(13-19-3-2-12-33-19)24(31)26-14-21-28-22(29-34-21)15-4-8-17(25)9-5-15/h2-13H,14H2,1H3,(H,26,31)(H,27,30)/b20-13-. The molecule has 2 amide bonds. The van der Waals surface area contributed by atoms with E-state index in [4.69, 9.17) is 25.3 Å². The number of hydrogen-bond donors (Lipinski definition) is 2. The second-order valence-electron chi connectivity index (χ2n) is 6.96. The van der Waals surface area contributed by atoms with Gasteiger partial charge < -0.3 is 24.3 Å². The molecular weight excluding hydrogens is 460 g/mol. The molecule has 172 valence electrons. The van der Waals surface area contributed by atoms with Gasteiger partial charge in [-0.25, -0.2) is 0 Å². The van der Waals surface area contributed by atoms with Gasteiger partial charge in [0.2, 0.25) is 11.7 Å². The molecule has 0 saturated heterocycles. The number of aromatic nitrogens is 2. The van der Waals surface area contributed by atoms with E-state index in [1.54, 1.807) is 60.7 Å². The van der Waals surface area contributed by atoms with Gasteiger partial charge in [0.25, 0.3) is 11.8 Å². The Balaban J connectivity index is 1.45. The molecule has 0 saturated carbocycles. The maximum atomic E-state index is 12.9. The van der Waals surface area contributed by atoms with Crippen LogP contribution in [0.3, 0.4) is 0 Å². The van der Waals surface area contributed by atoms with Crippen LogP contribution in [0, 0.1) is 0 Å². The fourth-order valence-electron chi connectivity index (χ4n) is 2.90. The zero-order valence-corrected chi connectivity index (χ0v) is 18.7. The predicted molar refractivity (Wildman–Crippen MR) is 124 cm³/mol. The number of methoxy groups -OCH3 is 1. The van der Waals surface area contributed by atoms with Crippen molar-refractivity contribution >= 4 is 29.5 Å². The van der Waals surface area contributed by atoms with E-state index in [9.17, 15) is 9.59 Å². The Bertz CT molecular complexity index is 1300. The molecule has 0 atom stereocenters. The molecule has 0 radical (unpaired) electrons. The molecule has 0 bridgehead atoms. The Morgan fingerprint density at radius 2 is 1.85 bits per heavy atom. The average Bonchev–Trinajstić information content (AvgIpc) is 3.55. The van der Waals surface area contributed by atoms with Crippen LogP contribution in [0.4, 0.5) is 0 Å². The summed E-state index contributed by atoms with van der Waals surface area (Å²) in [5, 5.41) is 9.77. The van der Waals surface area contributed by atoms with Gasteiger partial charge in [0.05, 0.1) is 19.9 Å². The number of nitrogens with zero attached hydrogens (tertiary/aromatic N) is 2. The number of ether oxygens (including phenoxy) is 1. The van der Waals surface area contributed by atoms with Crippen LogP contribution in [0.25, 0.3) is 17.5 Å². The largest absolute Gasteiger partial charge is 0.497 e. The van der Waals surface area contributed by atoms with Gasteiger partial charge in [0, 0.05) is 22.2 Å². The van der Waals surface area contributed by atoms with Crippen molar-refractivity contribution in [3.63, 3.8) is 0 Å². The minimum Gasteiger partial charge on any atom is -0.497 e. The first kappa shape index (κ1) is 22.8. The Kier molecular flexibility index (Phi) is 7.04. The van der Waals surface area contributed by atoms with Crippen LogP contribution in [0.1, 0.15) is 22.0 Å². The summed E-state index contributed by atoms with van der Waals surface area (Å²) in [4.78, 5) is 29.8. The van der Waals surface area contributed by atoms with Crippen molar-refractivity contribution < 1.29 is 23.3 Å². The van der Waals surface area contributed by atoms with Crippen molar-refractivity contribution in [1.82, 2.24) is 20.8 Å². The predicted octanol–water partition coefficient (Wildman–Crippen LogP) is 4.08. The first-order valence-electron chi connectivity index (χ1n) is 10.1. The van der Waals surface area contributed by atoms with Crippen LogP contribution in [-0.2, 0) is 11.3 Å². The van der Waals surface area contributed by atoms with Crippen molar-refractivity contribution in [2.24, 2.45) is 0 Å². The number of benzene rings is 2. The van der Waals surface area contributed by atoms with Gasteiger partial charge in [0.15, 0.2) is 0 Å². The van der Waals surface area contributed by atoms with E-state index in [1.165, 1.54) is 19.4 Å². The smallest absolute Gasteiger partial charge is 0.268 e. The van der Waals surface area contributed by atoms with Crippen LogP contribution < -0.4 is 15.4 Å². The van der Waals surface area contributed by atoms with E-state index < -0.39 is 11.8 Å². The molecule has 10 heteroatoms. The lowest BCUT2D eigenvalue weighted by molar-refractivity contribution is -0.118. The molecular formula is C24H19ClN4O5. The highest BCUT2D eigenvalue weighted by Crippen LogP contribution is 2.19. The van der Waals surface area contributed by atoms with Crippen molar-refractivity contribution in [3.8, 4) is 17.1 Å². The molecule has 0 spiro atoms. The van der Waals surface area contributed by atoms with E-state index in [2.05, 4.69) is 20.8 Å². The third-order valence-corrected chi connectivity index (χ3v) is 4.90. The van der Waals surface area contributed by atoms with Crippen LogP contribution in [0.5, 0.6) is 5.75 Å². The summed E-state index contributed by atoms with van der Waals surface area (Å²) < 4.78 is 15.6. The average molecular weight is 479 g/mol. The lowest BCUT2D eigenvalue weighted by Gasteiger charge is -2.10. The molecule has 2 aromatic carbocycles. The van der Waals surface area contributed by atoms with Gasteiger partial charge in [-0.1, -0.05) is 16.8 Å². The number of hydrogen-bond acceptors (Lipinski definition) is 7. The third-order valence-electron chi connectivity index (χ3n) is 4.65. The Hall–Kier alpha value is -4.37. The summed E-state index contributed by atoms with van der Waals surface area (Å²) in [6, 6.07) is 16.8. The molecule has 4 rings (SSSR count). The quantitative estimate of drug-likeness (QED) is 0.366. The summed E-state index contributed by atoms with van der Waals surface area (Å²) in [6.45, 7) is -0.0483. The van der Waals surface area contributed by atoms with Gasteiger partial charge in [-0.3, -0.25) is 9.59 Å². The molecule has 0 fully saturated rings. The zero-order valence-electron chi connectivity index (χ0n) is 17.9. The normalized spacial score (nSPS) is 11.2. The van der Waals surface area contributed by atoms with Crippen molar-refractivity contribution in [3.05, 3.63) is 94.9 Å². The number of furan rings is 1. The Labute approximate surface area is 199 Å². The van der Waals surface area contributed by atoms with Crippen LogP contribution in [-0.4, -0.2) is 29.1 Å². The SMILES string of the molecule is COc1ccc(C(=O)N/C(=C\c2ccco2)C(=O)NCc2nc(-c3ccc(Cl)cc3)no2)cc1. The van der Waals surface area contributed by atoms with Gasteiger partial charge in [-0.05, 0) is 60.7 Å². The maximum absolute atomic E-state index is 12.9. The van der Waals surface area contributed by atoms with Crippen LogP contribution >= 0.6 is 11.6 Å². The fraction of sp³-hybridized carbons (Fsp3) is 0.0833. The van der Waals surface area contributed by atoms with E-state index in [0.717, 1.165) is 5.56 Å². The van der Waals surface area contributed by atoms with Crippen molar-refractivity contribution in [1.29, 1.82) is 0 Å². The topological polar surface area (TPSA) is 119 Å². The first-order chi connectivity index (χ1) is 16.5. The number of carbonyl (C=O) groups excluding carboxylic acids is 2. The van der Waals surface area contributed by atoms with E-state index in [1.807, 2.05) is 0 Å². The molecule has 0 aliphatic rings. The maximum Gasteiger partial charge on any atom is 0.268 e. The summed E-state index contributed by atoms with van der Waals surface area (Å²) in [7, 11) is 1.53. The minimum atomic E-state index is -0.565. The fourth-order valence-corrected chi connectivity index (χ4v) is 3.03. The lowest BCUT2D eigenvalue weighted by atomic mass is 10.2. The van der Waals surface area contributed by atoms with Gasteiger partial charge in [-0.2, -0.15) is 4.98 Å². The van der Waals surface area contributed by atoms with Crippen LogP contribution in [0.2, 0.25) is 5.02 Å². The molecule has 34 heavy (non-hydrogen) atoms. The molecule has 0 aliphatic heterocycles. The van der Waals surface area contributed by atoms with Crippen LogP contribution in [0.15, 0.2) is 81.6 Å². The number of carbonyl (C=O) groups is 2. The summed E-state index contributed by atoms with van der Waals surface area (Å²) in [5.74, 6) is 0.515. The number of rotatable bonds is 8.